The Labute approximate surface area is 118 Å². The first-order chi connectivity index (χ1) is 9.45. The minimum Gasteiger partial charge on any atom is -0.390 e. The monoisotopic (exact) mass is 295 g/mol. The van der Waals surface area contributed by atoms with Crippen molar-refractivity contribution in [1.29, 1.82) is 0 Å². The Bertz CT molecular complexity index is 680. The van der Waals surface area contributed by atoms with Crippen LogP contribution >= 0.6 is 0 Å². The molecule has 0 bridgehead atoms. The van der Waals surface area contributed by atoms with E-state index in [0.717, 1.165) is 0 Å². The van der Waals surface area contributed by atoms with Crippen LogP contribution in [0.4, 0.5) is 0 Å². The standard InChI is InChI=1S/C13H17N3O3S/c1-15-9-13(7-12(15)10-17)20(18,19)16(2)8-11-5-3-4-6-14-11/h3-7,9,17H,8,10H2,1-2H3. The summed E-state index contributed by atoms with van der Waals surface area (Å²) in [6.45, 7) is 0.00248. The maximum atomic E-state index is 12.4. The summed E-state index contributed by atoms with van der Waals surface area (Å²) in [7, 11) is -0.380. The Morgan fingerprint density at radius 1 is 1.40 bits per heavy atom. The third-order valence-electron chi connectivity index (χ3n) is 3.06. The zero-order chi connectivity index (χ0) is 14.8. The van der Waals surface area contributed by atoms with Crippen LogP contribution in [0.5, 0.6) is 0 Å². The summed E-state index contributed by atoms with van der Waals surface area (Å²) < 4.78 is 27.7. The summed E-state index contributed by atoms with van der Waals surface area (Å²) in [4.78, 5) is 4.28. The molecule has 0 aromatic carbocycles. The molecule has 0 unspecified atom stereocenters. The normalized spacial score (nSPS) is 12.0. The highest BCUT2D eigenvalue weighted by Gasteiger charge is 2.23. The SMILES string of the molecule is CN(Cc1ccccn1)S(=O)(=O)c1cc(CO)n(C)c1. The van der Waals surface area contributed by atoms with Crippen LogP contribution in [0.3, 0.4) is 0 Å². The van der Waals surface area contributed by atoms with Gasteiger partial charge in [-0.05, 0) is 18.2 Å². The quantitative estimate of drug-likeness (QED) is 0.882. The molecular weight excluding hydrogens is 278 g/mol. The molecule has 2 aromatic heterocycles. The second-order valence-electron chi connectivity index (χ2n) is 4.52. The van der Waals surface area contributed by atoms with E-state index in [1.807, 2.05) is 6.07 Å². The van der Waals surface area contributed by atoms with Gasteiger partial charge in [-0.2, -0.15) is 4.31 Å². The molecule has 6 nitrogen and oxygen atoms in total. The predicted octanol–water partition coefficient (Wildman–Crippen LogP) is 0.733. The molecule has 0 aliphatic heterocycles. The highest BCUT2D eigenvalue weighted by molar-refractivity contribution is 7.89. The van der Waals surface area contributed by atoms with Gasteiger partial charge >= 0.3 is 0 Å². The van der Waals surface area contributed by atoms with E-state index in [1.165, 1.54) is 23.6 Å². The number of aryl methyl sites for hydroxylation is 1. The number of aliphatic hydroxyl groups is 1. The van der Waals surface area contributed by atoms with Gasteiger partial charge in [0.2, 0.25) is 10.0 Å². The number of pyridine rings is 1. The van der Waals surface area contributed by atoms with Crippen LogP contribution in [-0.4, -0.2) is 34.4 Å². The van der Waals surface area contributed by atoms with Gasteiger partial charge < -0.3 is 9.67 Å². The Morgan fingerprint density at radius 3 is 2.70 bits per heavy atom. The van der Waals surface area contributed by atoms with E-state index in [1.54, 1.807) is 29.9 Å². The van der Waals surface area contributed by atoms with Crippen LogP contribution in [0, 0.1) is 0 Å². The molecule has 2 rings (SSSR count). The van der Waals surface area contributed by atoms with Gasteiger partial charge in [0.1, 0.15) is 4.90 Å². The first-order valence-electron chi connectivity index (χ1n) is 6.07. The molecule has 0 spiro atoms. The number of aromatic nitrogens is 2. The number of nitrogens with zero attached hydrogens (tertiary/aromatic N) is 3. The van der Waals surface area contributed by atoms with Gasteiger partial charge in [-0.25, -0.2) is 8.42 Å². The van der Waals surface area contributed by atoms with E-state index in [4.69, 9.17) is 5.11 Å². The van der Waals surface area contributed by atoms with Crippen molar-refractivity contribution in [3.05, 3.63) is 48.0 Å². The fourth-order valence-electron chi connectivity index (χ4n) is 1.86. The van der Waals surface area contributed by atoms with Crippen molar-refractivity contribution in [3.63, 3.8) is 0 Å². The third kappa shape index (κ3) is 2.90. The topological polar surface area (TPSA) is 75.4 Å². The van der Waals surface area contributed by atoms with Gasteiger partial charge in [0, 0.05) is 32.2 Å². The van der Waals surface area contributed by atoms with E-state index in [9.17, 15) is 8.42 Å². The van der Waals surface area contributed by atoms with Gasteiger partial charge in [-0.15, -0.1) is 0 Å². The second-order valence-corrected chi connectivity index (χ2v) is 6.56. The Balaban J connectivity index is 2.25. The van der Waals surface area contributed by atoms with Crippen molar-refractivity contribution in [2.75, 3.05) is 7.05 Å². The van der Waals surface area contributed by atoms with Gasteiger partial charge in [-0.3, -0.25) is 4.98 Å². The van der Waals surface area contributed by atoms with Crippen molar-refractivity contribution in [2.45, 2.75) is 18.0 Å². The summed E-state index contributed by atoms with van der Waals surface area (Å²) >= 11 is 0. The van der Waals surface area contributed by atoms with Crippen LogP contribution in [-0.2, 0) is 30.2 Å². The minimum atomic E-state index is -3.59. The number of sulfonamides is 1. The summed E-state index contributed by atoms with van der Waals surface area (Å²) in [6.07, 6.45) is 3.12. The first-order valence-corrected chi connectivity index (χ1v) is 7.51. The average Bonchev–Trinajstić information content (AvgIpc) is 2.81. The van der Waals surface area contributed by atoms with E-state index in [-0.39, 0.29) is 18.0 Å². The van der Waals surface area contributed by atoms with Crippen LogP contribution in [0.2, 0.25) is 0 Å². The fraction of sp³-hybridized carbons (Fsp3) is 0.308. The molecule has 0 aliphatic carbocycles. The van der Waals surface area contributed by atoms with Crippen molar-refractivity contribution in [1.82, 2.24) is 13.9 Å². The predicted molar refractivity (Wildman–Crippen MR) is 74.2 cm³/mol. The number of hydrogen-bond acceptors (Lipinski definition) is 4. The molecule has 2 heterocycles. The van der Waals surface area contributed by atoms with Crippen molar-refractivity contribution in [2.24, 2.45) is 7.05 Å². The van der Waals surface area contributed by atoms with Crippen LogP contribution < -0.4 is 0 Å². The molecule has 20 heavy (non-hydrogen) atoms. The smallest absolute Gasteiger partial charge is 0.244 e. The maximum absolute atomic E-state index is 12.4. The molecule has 1 N–H and O–H groups in total. The molecular formula is C13H17N3O3S. The first kappa shape index (κ1) is 14.7. The Kier molecular flexibility index (Phi) is 4.22. The lowest BCUT2D eigenvalue weighted by Crippen LogP contribution is -2.26. The second kappa shape index (κ2) is 5.74. The lowest BCUT2D eigenvalue weighted by molar-refractivity contribution is 0.272. The lowest BCUT2D eigenvalue weighted by Gasteiger charge is -2.15. The van der Waals surface area contributed by atoms with Gasteiger partial charge in [-0.1, -0.05) is 6.07 Å². The molecule has 0 fully saturated rings. The summed E-state index contributed by atoms with van der Waals surface area (Å²) in [5.41, 5.74) is 1.23. The maximum Gasteiger partial charge on any atom is 0.244 e. The van der Waals surface area contributed by atoms with Crippen molar-refractivity contribution in [3.8, 4) is 0 Å². The van der Waals surface area contributed by atoms with Gasteiger partial charge in [0.25, 0.3) is 0 Å². The fourth-order valence-corrected chi connectivity index (χ4v) is 3.10. The highest BCUT2D eigenvalue weighted by Crippen LogP contribution is 2.18. The van der Waals surface area contributed by atoms with Gasteiger partial charge in [0.05, 0.1) is 18.8 Å². The highest BCUT2D eigenvalue weighted by atomic mass is 32.2. The van der Waals surface area contributed by atoms with Crippen LogP contribution in [0.25, 0.3) is 0 Å². The zero-order valence-corrected chi connectivity index (χ0v) is 12.2. The summed E-state index contributed by atoms with van der Waals surface area (Å²) in [5, 5.41) is 9.13. The van der Waals surface area contributed by atoms with E-state index in [0.29, 0.717) is 11.4 Å². The molecule has 0 radical (unpaired) electrons. The zero-order valence-electron chi connectivity index (χ0n) is 11.4. The summed E-state index contributed by atoms with van der Waals surface area (Å²) in [6, 6.07) is 6.85. The third-order valence-corrected chi connectivity index (χ3v) is 4.83. The molecule has 0 aliphatic rings. The Morgan fingerprint density at radius 2 is 2.15 bits per heavy atom. The van der Waals surface area contributed by atoms with E-state index >= 15 is 0 Å². The molecule has 0 amide bonds. The van der Waals surface area contributed by atoms with Crippen LogP contribution in [0.15, 0.2) is 41.6 Å². The lowest BCUT2D eigenvalue weighted by atomic mass is 10.3. The molecule has 7 heteroatoms. The molecule has 108 valence electrons. The van der Waals surface area contributed by atoms with E-state index in [2.05, 4.69) is 4.98 Å². The Hall–Kier alpha value is -1.70. The summed E-state index contributed by atoms with van der Waals surface area (Å²) in [5.74, 6) is 0. The molecule has 0 saturated carbocycles. The van der Waals surface area contributed by atoms with Crippen molar-refractivity contribution < 1.29 is 13.5 Å². The van der Waals surface area contributed by atoms with E-state index < -0.39 is 10.0 Å². The average molecular weight is 295 g/mol. The number of rotatable bonds is 5. The number of hydrogen-bond donors (Lipinski definition) is 1. The minimum absolute atomic E-state index is 0.169. The molecule has 0 atom stereocenters. The molecule has 0 saturated heterocycles. The van der Waals surface area contributed by atoms with Crippen molar-refractivity contribution >= 4 is 10.0 Å². The largest absolute Gasteiger partial charge is 0.390 e. The van der Waals surface area contributed by atoms with Gasteiger partial charge in [0.15, 0.2) is 0 Å². The molecule has 2 aromatic rings. The number of aliphatic hydroxyl groups excluding tert-OH is 1. The van der Waals surface area contributed by atoms with Crippen LogP contribution in [0.1, 0.15) is 11.4 Å².